The smallest absolute Gasteiger partial charge is 0.141 e. The van der Waals surface area contributed by atoms with Crippen LogP contribution >= 0.6 is 0 Å². The summed E-state index contributed by atoms with van der Waals surface area (Å²) in [5.41, 5.74) is 11.5. The van der Waals surface area contributed by atoms with E-state index in [4.69, 9.17) is 11.5 Å². The van der Waals surface area contributed by atoms with E-state index in [1.165, 1.54) is 6.07 Å². The summed E-state index contributed by atoms with van der Waals surface area (Å²) < 4.78 is 12.5. The Balaban J connectivity index is 3.13. The molecule has 4 N–H and O–H groups in total. The van der Waals surface area contributed by atoms with E-state index in [0.717, 1.165) is 6.20 Å². The van der Waals surface area contributed by atoms with Crippen LogP contribution in [0.15, 0.2) is 12.3 Å². The highest BCUT2D eigenvalue weighted by atomic mass is 19.1. The predicted molar refractivity (Wildman–Crippen MR) is 41.2 cm³/mol. The fourth-order valence-electron chi connectivity index (χ4n) is 0.830. The lowest BCUT2D eigenvalue weighted by atomic mass is 10.1. The monoisotopic (exact) mass is 155 g/mol. The molecule has 0 aliphatic carbocycles. The van der Waals surface area contributed by atoms with Gasteiger partial charge in [-0.15, -0.1) is 0 Å². The van der Waals surface area contributed by atoms with E-state index in [1.54, 1.807) is 6.92 Å². The Bertz CT molecular complexity index is 260. The molecule has 3 nitrogen and oxygen atoms in total. The molecule has 1 rings (SSSR count). The molecule has 0 spiro atoms. The van der Waals surface area contributed by atoms with Gasteiger partial charge >= 0.3 is 0 Å². The van der Waals surface area contributed by atoms with Crippen molar-refractivity contribution in [2.45, 2.75) is 13.0 Å². The highest BCUT2D eigenvalue weighted by Gasteiger charge is 2.05. The predicted octanol–water partition coefficient (Wildman–Crippen LogP) is 0.823. The summed E-state index contributed by atoms with van der Waals surface area (Å²) in [6.07, 6.45) is 1.07. The highest BCUT2D eigenvalue weighted by molar-refractivity contribution is 5.40. The molecule has 0 saturated carbocycles. The van der Waals surface area contributed by atoms with Crippen molar-refractivity contribution in [3.8, 4) is 0 Å². The summed E-state index contributed by atoms with van der Waals surface area (Å²) in [5, 5.41) is 0. The standard InChI is InChI=1S/C7H10FN3/c1-4(9)6-2-5(8)3-11-7(6)10/h2-4H,9H2,1H3,(H2,10,11)/t4-/m1/s1. The van der Waals surface area contributed by atoms with Gasteiger partial charge in [0, 0.05) is 11.6 Å². The van der Waals surface area contributed by atoms with Crippen LogP contribution in [0.4, 0.5) is 10.2 Å². The van der Waals surface area contributed by atoms with Crippen molar-refractivity contribution in [1.82, 2.24) is 4.98 Å². The number of rotatable bonds is 1. The van der Waals surface area contributed by atoms with E-state index in [-0.39, 0.29) is 6.04 Å². The lowest BCUT2D eigenvalue weighted by molar-refractivity contribution is 0.616. The molecule has 60 valence electrons. The lowest BCUT2D eigenvalue weighted by Gasteiger charge is -2.07. The molecule has 0 aliphatic heterocycles. The van der Waals surface area contributed by atoms with Crippen LogP contribution in [0.5, 0.6) is 0 Å². The molecule has 0 radical (unpaired) electrons. The summed E-state index contributed by atoms with van der Waals surface area (Å²) >= 11 is 0. The van der Waals surface area contributed by atoms with Crippen LogP contribution in [0.1, 0.15) is 18.5 Å². The Kier molecular flexibility index (Phi) is 2.05. The number of halogens is 1. The third kappa shape index (κ3) is 1.65. The van der Waals surface area contributed by atoms with E-state index in [0.29, 0.717) is 11.4 Å². The number of anilines is 1. The fourth-order valence-corrected chi connectivity index (χ4v) is 0.830. The summed E-state index contributed by atoms with van der Waals surface area (Å²) in [4.78, 5) is 3.62. The van der Waals surface area contributed by atoms with E-state index in [1.807, 2.05) is 0 Å². The van der Waals surface area contributed by atoms with Gasteiger partial charge in [0.05, 0.1) is 6.20 Å². The number of hydrogen-bond donors (Lipinski definition) is 2. The normalized spacial score (nSPS) is 13.0. The molecule has 0 unspecified atom stereocenters. The topological polar surface area (TPSA) is 64.9 Å². The van der Waals surface area contributed by atoms with Crippen LogP contribution in [0.25, 0.3) is 0 Å². The Morgan fingerprint density at radius 1 is 1.64 bits per heavy atom. The number of nitrogen functional groups attached to an aromatic ring is 1. The Labute approximate surface area is 64.2 Å². The quantitative estimate of drug-likeness (QED) is 0.631. The van der Waals surface area contributed by atoms with E-state index in [2.05, 4.69) is 4.98 Å². The zero-order valence-electron chi connectivity index (χ0n) is 6.21. The molecule has 0 fully saturated rings. The van der Waals surface area contributed by atoms with Gasteiger partial charge in [0.15, 0.2) is 0 Å². The summed E-state index contributed by atoms with van der Waals surface area (Å²) in [7, 11) is 0. The first-order valence-corrected chi connectivity index (χ1v) is 3.27. The van der Waals surface area contributed by atoms with E-state index >= 15 is 0 Å². The minimum atomic E-state index is -0.411. The van der Waals surface area contributed by atoms with Crippen LogP contribution in [0.2, 0.25) is 0 Å². The Hall–Kier alpha value is -1.16. The fraction of sp³-hybridized carbons (Fsp3) is 0.286. The summed E-state index contributed by atoms with van der Waals surface area (Å²) in [6, 6.07) is 1.02. The maximum Gasteiger partial charge on any atom is 0.141 e. The van der Waals surface area contributed by atoms with Crippen molar-refractivity contribution in [3.63, 3.8) is 0 Å². The largest absolute Gasteiger partial charge is 0.383 e. The first-order valence-electron chi connectivity index (χ1n) is 3.27. The zero-order valence-corrected chi connectivity index (χ0v) is 6.21. The van der Waals surface area contributed by atoms with Gasteiger partial charge < -0.3 is 11.5 Å². The average Bonchev–Trinajstić information content (AvgIpc) is 1.94. The van der Waals surface area contributed by atoms with Crippen molar-refractivity contribution < 1.29 is 4.39 Å². The molecular weight excluding hydrogens is 145 g/mol. The molecule has 1 aromatic rings. The molecule has 0 amide bonds. The van der Waals surface area contributed by atoms with Gasteiger partial charge in [0.2, 0.25) is 0 Å². The first kappa shape index (κ1) is 7.94. The summed E-state index contributed by atoms with van der Waals surface area (Å²) in [5.74, 6) is -0.118. The zero-order chi connectivity index (χ0) is 8.43. The molecule has 11 heavy (non-hydrogen) atoms. The first-order chi connectivity index (χ1) is 5.11. The van der Waals surface area contributed by atoms with Crippen LogP contribution in [0.3, 0.4) is 0 Å². The molecule has 1 heterocycles. The van der Waals surface area contributed by atoms with Gasteiger partial charge in [-0.2, -0.15) is 0 Å². The van der Waals surface area contributed by atoms with Crippen LogP contribution in [-0.4, -0.2) is 4.98 Å². The van der Waals surface area contributed by atoms with Crippen molar-refractivity contribution in [3.05, 3.63) is 23.6 Å². The van der Waals surface area contributed by atoms with Crippen molar-refractivity contribution >= 4 is 5.82 Å². The molecule has 4 heteroatoms. The molecule has 0 saturated heterocycles. The number of nitrogens with two attached hydrogens (primary N) is 2. The van der Waals surface area contributed by atoms with Crippen molar-refractivity contribution in [1.29, 1.82) is 0 Å². The lowest BCUT2D eigenvalue weighted by Crippen LogP contribution is -2.09. The summed E-state index contributed by atoms with van der Waals surface area (Å²) in [6.45, 7) is 1.73. The molecule has 1 atom stereocenters. The highest BCUT2D eigenvalue weighted by Crippen LogP contribution is 2.15. The molecule has 0 aliphatic rings. The third-order valence-electron chi connectivity index (χ3n) is 1.41. The Morgan fingerprint density at radius 3 is 2.73 bits per heavy atom. The SMILES string of the molecule is C[C@@H](N)c1cc(F)cnc1N. The number of pyridine rings is 1. The van der Waals surface area contributed by atoms with Crippen LogP contribution in [0, 0.1) is 5.82 Å². The van der Waals surface area contributed by atoms with E-state index < -0.39 is 5.82 Å². The van der Waals surface area contributed by atoms with Gasteiger partial charge in [-0.1, -0.05) is 0 Å². The number of nitrogens with zero attached hydrogens (tertiary/aromatic N) is 1. The van der Waals surface area contributed by atoms with Gasteiger partial charge in [-0.3, -0.25) is 0 Å². The van der Waals surface area contributed by atoms with Crippen LogP contribution < -0.4 is 11.5 Å². The van der Waals surface area contributed by atoms with Gasteiger partial charge in [-0.25, -0.2) is 9.37 Å². The van der Waals surface area contributed by atoms with Crippen molar-refractivity contribution in [2.75, 3.05) is 5.73 Å². The second-order valence-electron chi connectivity index (χ2n) is 2.42. The van der Waals surface area contributed by atoms with Crippen LogP contribution in [-0.2, 0) is 0 Å². The minimum Gasteiger partial charge on any atom is -0.383 e. The van der Waals surface area contributed by atoms with Gasteiger partial charge in [-0.05, 0) is 13.0 Å². The molecule has 0 aromatic carbocycles. The van der Waals surface area contributed by atoms with Gasteiger partial charge in [0.25, 0.3) is 0 Å². The average molecular weight is 155 g/mol. The molecule has 1 aromatic heterocycles. The van der Waals surface area contributed by atoms with Crippen molar-refractivity contribution in [2.24, 2.45) is 5.73 Å². The minimum absolute atomic E-state index is 0.279. The molecule has 0 bridgehead atoms. The van der Waals surface area contributed by atoms with E-state index in [9.17, 15) is 4.39 Å². The number of hydrogen-bond acceptors (Lipinski definition) is 3. The Morgan fingerprint density at radius 2 is 2.27 bits per heavy atom. The maximum atomic E-state index is 12.5. The third-order valence-corrected chi connectivity index (χ3v) is 1.41. The molecular formula is C7H10FN3. The second kappa shape index (κ2) is 2.84. The number of aromatic nitrogens is 1. The second-order valence-corrected chi connectivity index (χ2v) is 2.42. The van der Waals surface area contributed by atoms with Gasteiger partial charge in [0.1, 0.15) is 11.6 Å². The maximum absolute atomic E-state index is 12.5.